The Labute approximate surface area is 240 Å². The van der Waals surface area contributed by atoms with Crippen LogP contribution in [-0.4, -0.2) is 70.2 Å². The number of carbonyl (C=O) groups is 1. The van der Waals surface area contributed by atoms with Gasteiger partial charge in [-0.3, -0.25) is 0 Å². The van der Waals surface area contributed by atoms with E-state index in [1.807, 2.05) is 84.9 Å². The zero-order valence-corrected chi connectivity index (χ0v) is 23.1. The van der Waals surface area contributed by atoms with Crippen LogP contribution in [0.15, 0.2) is 84.9 Å². The number of esters is 1. The molecule has 0 bridgehead atoms. The standard InChI is InChI=1S/C32H36O9/c1-34-26-14-12-25(13-15-26)18-35-16-17-37-32-31(38-20-24-10-6-3-7-11-24)30-29(41-28(33)22-39-30)27(40-32)21-36-19-23-8-4-2-5-9-23/h2-15,27,29-32H,16-22H2,1H3/t27-,29+,30+,31-,32-/m1/s1. The molecule has 9 nitrogen and oxygen atoms in total. The summed E-state index contributed by atoms with van der Waals surface area (Å²) in [7, 11) is 1.64. The molecule has 0 aromatic heterocycles. The first-order valence-corrected chi connectivity index (χ1v) is 13.8. The summed E-state index contributed by atoms with van der Waals surface area (Å²) in [5, 5.41) is 0. The van der Waals surface area contributed by atoms with Crippen molar-refractivity contribution in [3.63, 3.8) is 0 Å². The van der Waals surface area contributed by atoms with Crippen LogP contribution in [0, 0.1) is 0 Å². The molecule has 0 N–H and O–H groups in total. The number of hydrogen-bond acceptors (Lipinski definition) is 9. The second-order valence-electron chi connectivity index (χ2n) is 9.81. The average molecular weight is 565 g/mol. The van der Waals surface area contributed by atoms with Crippen molar-refractivity contribution < 1.29 is 42.7 Å². The lowest BCUT2D eigenvalue weighted by Crippen LogP contribution is -2.64. The zero-order valence-electron chi connectivity index (χ0n) is 23.1. The quantitative estimate of drug-likeness (QED) is 0.212. The third kappa shape index (κ3) is 8.36. The fraction of sp³-hybridized carbons (Fsp3) is 0.406. The molecule has 9 heteroatoms. The van der Waals surface area contributed by atoms with Crippen molar-refractivity contribution in [3.8, 4) is 5.75 Å². The van der Waals surface area contributed by atoms with Crippen LogP contribution in [0.4, 0.5) is 0 Å². The summed E-state index contributed by atoms with van der Waals surface area (Å²) < 4.78 is 47.5. The second-order valence-corrected chi connectivity index (χ2v) is 9.81. The molecule has 2 saturated heterocycles. The van der Waals surface area contributed by atoms with E-state index in [-0.39, 0.29) is 19.8 Å². The summed E-state index contributed by atoms with van der Waals surface area (Å²) in [5.41, 5.74) is 3.05. The van der Waals surface area contributed by atoms with Crippen molar-refractivity contribution in [2.24, 2.45) is 0 Å². The molecule has 3 aromatic carbocycles. The Balaban J connectivity index is 1.22. The monoisotopic (exact) mass is 564 g/mol. The molecule has 0 amide bonds. The van der Waals surface area contributed by atoms with Crippen molar-refractivity contribution in [2.45, 2.75) is 50.5 Å². The minimum Gasteiger partial charge on any atom is -0.497 e. The Morgan fingerprint density at radius 3 is 2.10 bits per heavy atom. The SMILES string of the molecule is COc1ccc(COCCO[C@@H]2O[C@H](COCc3ccccc3)[C@@H]3OC(=O)CO[C@@H]3[C@H]2OCc2ccccc2)cc1. The van der Waals surface area contributed by atoms with Crippen LogP contribution in [0.1, 0.15) is 16.7 Å². The van der Waals surface area contributed by atoms with Gasteiger partial charge in [0.1, 0.15) is 30.7 Å². The van der Waals surface area contributed by atoms with Gasteiger partial charge >= 0.3 is 5.97 Å². The number of methoxy groups -OCH3 is 1. The Kier molecular flexibility index (Phi) is 10.7. The molecule has 5 atom stereocenters. The van der Waals surface area contributed by atoms with Crippen LogP contribution < -0.4 is 4.74 Å². The number of fused-ring (bicyclic) bond motifs is 1. The van der Waals surface area contributed by atoms with Gasteiger partial charge in [-0.1, -0.05) is 72.8 Å². The Hall–Kier alpha value is -3.31. The summed E-state index contributed by atoms with van der Waals surface area (Å²) in [6.07, 6.45) is -3.30. The minimum atomic E-state index is -0.785. The van der Waals surface area contributed by atoms with Crippen LogP contribution in [0.2, 0.25) is 0 Å². The highest BCUT2D eigenvalue weighted by atomic mass is 16.7. The van der Waals surface area contributed by atoms with Crippen molar-refractivity contribution in [1.29, 1.82) is 0 Å². The molecule has 0 spiro atoms. The number of hydrogen-bond donors (Lipinski definition) is 0. The normalized spacial score (nSPS) is 23.9. The van der Waals surface area contributed by atoms with Crippen LogP contribution in [0.5, 0.6) is 5.75 Å². The van der Waals surface area contributed by atoms with Crippen molar-refractivity contribution >= 4 is 5.97 Å². The summed E-state index contributed by atoms with van der Waals surface area (Å²) in [4.78, 5) is 12.2. The third-order valence-corrected chi connectivity index (χ3v) is 6.87. The van der Waals surface area contributed by atoms with Gasteiger partial charge in [-0.2, -0.15) is 0 Å². The lowest BCUT2D eigenvalue weighted by Gasteiger charge is -2.47. The topological polar surface area (TPSA) is 90.9 Å². The Bertz CT molecular complexity index is 1190. The van der Waals surface area contributed by atoms with E-state index in [2.05, 4.69) is 0 Å². The van der Waals surface area contributed by atoms with Crippen molar-refractivity contribution in [1.82, 2.24) is 0 Å². The third-order valence-electron chi connectivity index (χ3n) is 6.87. The molecule has 2 aliphatic heterocycles. The predicted molar refractivity (Wildman–Crippen MR) is 148 cm³/mol. The van der Waals surface area contributed by atoms with Crippen LogP contribution in [0.25, 0.3) is 0 Å². The first-order valence-electron chi connectivity index (χ1n) is 13.8. The Morgan fingerprint density at radius 2 is 1.39 bits per heavy atom. The van der Waals surface area contributed by atoms with E-state index in [1.54, 1.807) is 7.11 Å². The average Bonchev–Trinajstić information content (AvgIpc) is 3.02. The van der Waals surface area contributed by atoms with Crippen LogP contribution in [-0.2, 0) is 57.8 Å². The molecular weight excluding hydrogens is 528 g/mol. The van der Waals surface area contributed by atoms with Crippen LogP contribution in [0.3, 0.4) is 0 Å². The summed E-state index contributed by atoms with van der Waals surface area (Å²) in [5.74, 6) is 0.348. The number of ether oxygens (including phenoxy) is 8. The molecule has 5 rings (SSSR count). The molecule has 41 heavy (non-hydrogen) atoms. The number of rotatable bonds is 14. The highest BCUT2D eigenvalue weighted by Gasteiger charge is 2.52. The zero-order chi connectivity index (χ0) is 28.3. The first kappa shape index (κ1) is 29.2. The van der Waals surface area contributed by atoms with Crippen molar-refractivity contribution in [2.75, 3.05) is 33.5 Å². The lowest BCUT2D eigenvalue weighted by molar-refractivity contribution is -0.332. The number of carbonyl (C=O) groups excluding carboxylic acids is 1. The van der Waals surface area contributed by atoms with Crippen LogP contribution >= 0.6 is 0 Å². The van der Waals surface area contributed by atoms with Gasteiger partial charge in [-0.05, 0) is 28.8 Å². The molecule has 2 fully saturated rings. The second kappa shape index (κ2) is 15.1. The molecule has 3 aromatic rings. The fourth-order valence-electron chi connectivity index (χ4n) is 4.77. The molecule has 2 heterocycles. The van der Waals surface area contributed by atoms with E-state index in [1.165, 1.54) is 0 Å². The van der Waals surface area contributed by atoms with Gasteiger partial charge in [0.15, 0.2) is 12.4 Å². The maximum absolute atomic E-state index is 12.2. The minimum absolute atomic E-state index is 0.165. The highest BCUT2D eigenvalue weighted by molar-refractivity contribution is 5.71. The van der Waals surface area contributed by atoms with Gasteiger partial charge in [0, 0.05) is 0 Å². The highest BCUT2D eigenvalue weighted by Crippen LogP contribution is 2.32. The molecule has 0 saturated carbocycles. The summed E-state index contributed by atoms with van der Waals surface area (Å²) in [6, 6.07) is 27.4. The largest absolute Gasteiger partial charge is 0.497 e. The maximum atomic E-state index is 12.2. The van der Waals surface area contributed by atoms with E-state index in [4.69, 9.17) is 37.9 Å². The van der Waals surface area contributed by atoms with Gasteiger partial charge in [0.25, 0.3) is 0 Å². The van der Waals surface area contributed by atoms with E-state index < -0.39 is 36.7 Å². The molecule has 218 valence electrons. The van der Waals surface area contributed by atoms with E-state index in [0.717, 1.165) is 22.4 Å². The van der Waals surface area contributed by atoms with E-state index in [0.29, 0.717) is 26.4 Å². The summed E-state index contributed by atoms with van der Waals surface area (Å²) in [6.45, 7) is 1.78. The molecule has 0 aliphatic carbocycles. The van der Waals surface area contributed by atoms with E-state index >= 15 is 0 Å². The van der Waals surface area contributed by atoms with Gasteiger partial charge in [0.2, 0.25) is 0 Å². The number of benzene rings is 3. The first-order chi connectivity index (χ1) is 20.2. The van der Waals surface area contributed by atoms with Gasteiger partial charge in [0.05, 0.1) is 46.8 Å². The Morgan fingerprint density at radius 1 is 0.732 bits per heavy atom. The van der Waals surface area contributed by atoms with Gasteiger partial charge in [-0.15, -0.1) is 0 Å². The fourth-order valence-corrected chi connectivity index (χ4v) is 4.77. The molecule has 0 radical (unpaired) electrons. The molecule has 2 aliphatic rings. The smallest absolute Gasteiger partial charge is 0.332 e. The molecule has 0 unspecified atom stereocenters. The van der Waals surface area contributed by atoms with Gasteiger partial charge < -0.3 is 37.9 Å². The van der Waals surface area contributed by atoms with Gasteiger partial charge in [-0.25, -0.2) is 4.79 Å². The predicted octanol–water partition coefficient (Wildman–Crippen LogP) is 4.07. The summed E-state index contributed by atoms with van der Waals surface area (Å²) >= 11 is 0. The van der Waals surface area contributed by atoms with E-state index in [9.17, 15) is 4.79 Å². The molecular formula is C32H36O9. The lowest BCUT2D eigenvalue weighted by atomic mass is 9.97. The maximum Gasteiger partial charge on any atom is 0.332 e. The van der Waals surface area contributed by atoms with Crippen molar-refractivity contribution in [3.05, 3.63) is 102 Å².